The van der Waals surface area contributed by atoms with Crippen molar-refractivity contribution in [1.29, 1.82) is 0 Å². The van der Waals surface area contributed by atoms with E-state index in [9.17, 15) is 8.42 Å². The Labute approximate surface area is 102 Å². The van der Waals surface area contributed by atoms with E-state index in [4.69, 9.17) is 0 Å². The zero-order valence-corrected chi connectivity index (χ0v) is 10.8. The molecule has 2 rings (SSSR count). The van der Waals surface area contributed by atoms with Crippen LogP contribution in [-0.4, -0.2) is 29.0 Å². The smallest absolute Gasteiger partial charge is 0.206 e. The van der Waals surface area contributed by atoms with Gasteiger partial charge < -0.3 is 0 Å². The molecule has 1 unspecified atom stereocenters. The van der Waals surface area contributed by atoms with Crippen molar-refractivity contribution >= 4 is 21.4 Å². The summed E-state index contributed by atoms with van der Waals surface area (Å²) in [5.74, 6) is 0.307. The number of hydrogen-bond acceptors (Lipinski definition) is 6. The van der Waals surface area contributed by atoms with Gasteiger partial charge in [-0.15, -0.1) is 21.5 Å². The summed E-state index contributed by atoms with van der Waals surface area (Å²) in [5.41, 5.74) is 0. The van der Waals surface area contributed by atoms with Crippen LogP contribution in [0.5, 0.6) is 0 Å². The van der Waals surface area contributed by atoms with Crippen molar-refractivity contribution in [2.24, 2.45) is 0 Å². The summed E-state index contributed by atoms with van der Waals surface area (Å²) in [4.78, 5) is 0.942. The summed E-state index contributed by atoms with van der Waals surface area (Å²) in [5, 5.41) is 13.1. The third-order valence-electron chi connectivity index (χ3n) is 2.06. The molecule has 0 aliphatic rings. The maximum Gasteiger partial charge on any atom is 0.250 e. The number of aryl methyl sites for hydroxylation is 1. The maximum atomic E-state index is 12.0. The summed E-state index contributed by atoms with van der Waals surface area (Å²) >= 11 is 1.22. The predicted molar refractivity (Wildman–Crippen MR) is 62.0 cm³/mol. The summed E-state index contributed by atoms with van der Waals surface area (Å²) in [6.45, 7) is 3.51. The lowest BCUT2D eigenvalue weighted by Gasteiger charge is -2.08. The van der Waals surface area contributed by atoms with Crippen molar-refractivity contribution in [3.63, 3.8) is 0 Å². The van der Waals surface area contributed by atoms with Crippen molar-refractivity contribution in [2.45, 2.75) is 24.1 Å². The van der Waals surface area contributed by atoms with Crippen LogP contribution in [0.1, 0.15) is 23.7 Å². The first kappa shape index (κ1) is 12.1. The molecule has 2 N–H and O–H groups in total. The molecule has 0 saturated heterocycles. The van der Waals surface area contributed by atoms with E-state index in [2.05, 4.69) is 25.3 Å². The van der Waals surface area contributed by atoms with Gasteiger partial charge in [-0.3, -0.25) is 0 Å². The van der Waals surface area contributed by atoms with E-state index in [-0.39, 0.29) is 4.21 Å². The van der Waals surface area contributed by atoms with Crippen LogP contribution in [0.3, 0.4) is 0 Å². The quantitative estimate of drug-likeness (QED) is 0.850. The highest BCUT2D eigenvalue weighted by Crippen LogP contribution is 2.21. The molecule has 0 saturated carbocycles. The van der Waals surface area contributed by atoms with E-state index in [1.807, 2.05) is 6.92 Å². The van der Waals surface area contributed by atoms with Crippen LogP contribution in [0.2, 0.25) is 0 Å². The van der Waals surface area contributed by atoms with Crippen molar-refractivity contribution in [3.8, 4) is 0 Å². The van der Waals surface area contributed by atoms with Crippen LogP contribution in [0.25, 0.3) is 0 Å². The van der Waals surface area contributed by atoms with Gasteiger partial charge in [-0.2, -0.15) is 9.94 Å². The summed E-state index contributed by atoms with van der Waals surface area (Å²) in [7, 11) is -3.52. The van der Waals surface area contributed by atoms with E-state index in [0.29, 0.717) is 5.82 Å². The third kappa shape index (κ3) is 2.68. The molecule has 17 heavy (non-hydrogen) atoms. The molecule has 7 nitrogen and oxygen atoms in total. The van der Waals surface area contributed by atoms with Crippen molar-refractivity contribution in [3.05, 3.63) is 22.8 Å². The Hall–Kier alpha value is -1.32. The number of thiophene rings is 1. The van der Waals surface area contributed by atoms with Crippen LogP contribution in [-0.2, 0) is 10.0 Å². The van der Waals surface area contributed by atoms with Gasteiger partial charge >= 0.3 is 0 Å². The number of hydrogen-bond donors (Lipinski definition) is 2. The lowest BCUT2D eigenvalue weighted by atomic mass is 10.4. The molecular weight excluding hydrogens is 262 g/mol. The summed E-state index contributed by atoms with van der Waals surface area (Å²) in [6.07, 6.45) is 0. The Balaban J connectivity index is 2.18. The Morgan fingerprint density at radius 3 is 2.76 bits per heavy atom. The minimum absolute atomic E-state index is 0.283. The lowest BCUT2D eigenvalue weighted by molar-refractivity contribution is 0.562. The van der Waals surface area contributed by atoms with Crippen LogP contribution >= 0.6 is 11.3 Å². The second-order valence-corrected chi connectivity index (χ2v) is 6.71. The molecule has 0 fully saturated rings. The molecule has 0 amide bonds. The second kappa shape index (κ2) is 4.51. The minimum Gasteiger partial charge on any atom is -0.206 e. The van der Waals surface area contributed by atoms with Crippen LogP contribution in [0.4, 0.5) is 0 Å². The van der Waals surface area contributed by atoms with Crippen LogP contribution in [0, 0.1) is 6.92 Å². The van der Waals surface area contributed by atoms with E-state index in [1.165, 1.54) is 11.3 Å². The van der Waals surface area contributed by atoms with Crippen molar-refractivity contribution < 1.29 is 8.42 Å². The standard InChI is InChI=1S/C8H11N5O2S2/c1-5-3-4-7(16-5)17(14,15)11-6(2)8-9-12-13-10-8/h3-4,6,11H,1-2H3,(H,9,10,12,13). The van der Waals surface area contributed by atoms with Gasteiger partial charge in [-0.1, -0.05) is 5.21 Å². The molecule has 0 aliphatic carbocycles. The van der Waals surface area contributed by atoms with Crippen molar-refractivity contribution in [2.75, 3.05) is 0 Å². The Morgan fingerprint density at radius 1 is 1.47 bits per heavy atom. The Kier molecular flexibility index (Phi) is 3.22. The lowest BCUT2D eigenvalue weighted by Crippen LogP contribution is -2.27. The highest BCUT2D eigenvalue weighted by atomic mass is 32.2. The van der Waals surface area contributed by atoms with Gasteiger partial charge in [-0.05, 0) is 26.0 Å². The third-order valence-corrected chi connectivity index (χ3v) is 5.09. The maximum absolute atomic E-state index is 12.0. The zero-order chi connectivity index (χ0) is 12.5. The number of rotatable bonds is 4. The first-order valence-electron chi connectivity index (χ1n) is 4.81. The molecular formula is C8H11N5O2S2. The van der Waals surface area contributed by atoms with Crippen LogP contribution < -0.4 is 4.72 Å². The highest BCUT2D eigenvalue weighted by Gasteiger charge is 2.21. The molecule has 0 radical (unpaired) electrons. The van der Waals surface area contributed by atoms with Crippen molar-refractivity contribution in [1.82, 2.24) is 25.3 Å². The van der Waals surface area contributed by atoms with E-state index >= 15 is 0 Å². The second-order valence-electron chi connectivity index (χ2n) is 3.48. The Morgan fingerprint density at radius 2 is 2.24 bits per heavy atom. The van der Waals surface area contributed by atoms with Gasteiger partial charge in [0.05, 0.1) is 6.04 Å². The predicted octanol–water partition coefficient (Wildman–Crippen LogP) is 0.609. The van der Waals surface area contributed by atoms with Gasteiger partial charge in [0.25, 0.3) is 10.0 Å². The molecule has 0 aromatic carbocycles. The number of tetrazole rings is 1. The topological polar surface area (TPSA) is 101 Å². The average Bonchev–Trinajstić information content (AvgIpc) is 2.86. The van der Waals surface area contributed by atoms with E-state index in [1.54, 1.807) is 19.1 Å². The molecule has 0 spiro atoms. The van der Waals surface area contributed by atoms with Gasteiger partial charge in [0.2, 0.25) is 0 Å². The molecule has 2 aromatic heterocycles. The molecule has 0 bridgehead atoms. The number of nitrogens with zero attached hydrogens (tertiary/aromatic N) is 3. The molecule has 0 aliphatic heterocycles. The van der Waals surface area contributed by atoms with Gasteiger partial charge in [0.1, 0.15) is 4.21 Å². The summed E-state index contributed by atoms with van der Waals surface area (Å²) in [6, 6.07) is 2.81. The fraction of sp³-hybridized carbons (Fsp3) is 0.375. The van der Waals surface area contributed by atoms with Gasteiger partial charge in [-0.25, -0.2) is 8.42 Å². The first-order valence-corrected chi connectivity index (χ1v) is 7.11. The SMILES string of the molecule is Cc1ccc(S(=O)(=O)NC(C)c2nn[nH]n2)s1. The monoisotopic (exact) mass is 273 g/mol. The molecule has 2 aromatic rings. The minimum atomic E-state index is -3.52. The molecule has 9 heteroatoms. The Bertz CT molecular complexity index is 589. The molecule has 2 heterocycles. The fourth-order valence-corrected chi connectivity index (χ4v) is 3.75. The number of H-pyrrole nitrogens is 1. The molecule has 1 atom stereocenters. The largest absolute Gasteiger partial charge is 0.250 e. The number of nitrogens with one attached hydrogen (secondary N) is 2. The first-order chi connectivity index (χ1) is 7.99. The normalized spacial score (nSPS) is 13.8. The number of sulfonamides is 1. The van der Waals surface area contributed by atoms with Gasteiger partial charge in [0.15, 0.2) is 5.82 Å². The zero-order valence-electron chi connectivity index (χ0n) is 9.21. The fourth-order valence-electron chi connectivity index (χ4n) is 1.25. The molecule has 92 valence electrons. The average molecular weight is 273 g/mol. The van der Waals surface area contributed by atoms with E-state index < -0.39 is 16.1 Å². The van der Waals surface area contributed by atoms with E-state index in [0.717, 1.165) is 4.88 Å². The number of aromatic nitrogens is 4. The summed E-state index contributed by atoms with van der Waals surface area (Å²) < 4.78 is 26.7. The van der Waals surface area contributed by atoms with Gasteiger partial charge in [0, 0.05) is 4.88 Å². The number of aromatic amines is 1. The van der Waals surface area contributed by atoms with Crippen LogP contribution in [0.15, 0.2) is 16.3 Å². The highest BCUT2D eigenvalue weighted by molar-refractivity contribution is 7.91.